The quantitative estimate of drug-likeness (QED) is 0.849. The van der Waals surface area contributed by atoms with E-state index >= 15 is 0 Å². The molecule has 2 unspecified atom stereocenters. The number of hydrogen-bond acceptors (Lipinski definition) is 3. The maximum Gasteiger partial charge on any atom is 0.433 e. The smallest absolute Gasteiger partial charge is 0.352 e. The van der Waals surface area contributed by atoms with Crippen LogP contribution < -0.4 is 10.2 Å². The van der Waals surface area contributed by atoms with Gasteiger partial charge in [-0.25, -0.2) is 4.98 Å². The van der Waals surface area contributed by atoms with Gasteiger partial charge in [0.25, 0.3) is 0 Å². The van der Waals surface area contributed by atoms with Gasteiger partial charge in [0, 0.05) is 25.7 Å². The number of halogens is 3. The SMILES string of the molecule is FC(F)(F)c1cccc(N2CCCC3CNCC32)n1. The number of alkyl halides is 3. The lowest BCUT2D eigenvalue weighted by Crippen LogP contribution is -2.45. The normalized spacial score (nSPS) is 27.4. The van der Waals surface area contributed by atoms with Crippen molar-refractivity contribution in [2.75, 3.05) is 24.5 Å². The zero-order chi connectivity index (χ0) is 13.5. The van der Waals surface area contributed by atoms with Crippen molar-refractivity contribution in [1.82, 2.24) is 10.3 Å². The van der Waals surface area contributed by atoms with E-state index in [1.165, 1.54) is 6.07 Å². The highest BCUT2D eigenvalue weighted by Crippen LogP contribution is 2.33. The van der Waals surface area contributed by atoms with Gasteiger partial charge in [-0.15, -0.1) is 0 Å². The second-order valence-electron chi connectivity index (χ2n) is 5.20. The van der Waals surface area contributed by atoms with Crippen molar-refractivity contribution < 1.29 is 13.2 Å². The van der Waals surface area contributed by atoms with Crippen molar-refractivity contribution in [2.24, 2.45) is 5.92 Å². The van der Waals surface area contributed by atoms with Crippen LogP contribution in [0, 0.1) is 5.92 Å². The number of piperidine rings is 1. The fourth-order valence-corrected chi connectivity index (χ4v) is 3.09. The standard InChI is InChI=1S/C13H16F3N3/c14-13(15,16)11-4-1-5-12(18-11)19-6-2-3-9-7-17-8-10(9)19/h1,4-5,9-10,17H,2-3,6-8H2. The predicted molar refractivity (Wildman–Crippen MR) is 66.0 cm³/mol. The van der Waals surface area contributed by atoms with Crippen LogP contribution in [-0.2, 0) is 6.18 Å². The molecule has 0 saturated carbocycles. The summed E-state index contributed by atoms with van der Waals surface area (Å²) in [6.07, 6.45) is -2.22. The van der Waals surface area contributed by atoms with E-state index in [-0.39, 0.29) is 6.04 Å². The fraction of sp³-hybridized carbons (Fsp3) is 0.615. The molecule has 1 aromatic rings. The van der Waals surface area contributed by atoms with Crippen LogP contribution in [0.3, 0.4) is 0 Å². The number of nitrogens with zero attached hydrogens (tertiary/aromatic N) is 2. The van der Waals surface area contributed by atoms with Crippen molar-refractivity contribution in [1.29, 1.82) is 0 Å². The molecular weight excluding hydrogens is 255 g/mol. The molecule has 0 aliphatic carbocycles. The van der Waals surface area contributed by atoms with Crippen LogP contribution in [0.2, 0.25) is 0 Å². The number of aromatic nitrogens is 1. The van der Waals surface area contributed by atoms with Gasteiger partial charge in [0.2, 0.25) is 0 Å². The molecule has 2 atom stereocenters. The minimum atomic E-state index is -4.38. The summed E-state index contributed by atoms with van der Waals surface area (Å²) in [5.74, 6) is 0.985. The summed E-state index contributed by atoms with van der Waals surface area (Å²) >= 11 is 0. The van der Waals surface area contributed by atoms with Crippen molar-refractivity contribution in [2.45, 2.75) is 25.1 Å². The summed E-state index contributed by atoms with van der Waals surface area (Å²) in [7, 11) is 0. The Labute approximate surface area is 109 Å². The third kappa shape index (κ3) is 2.41. The molecular formula is C13H16F3N3. The molecule has 3 nitrogen and oxygen atoms in total. The minimum absolute atomic E-state index is 0.282. The molecule has 3 rings (SSSR count). The van der Waals surface area contributed by atoms with Gasteiger partial charge in [0.05, 0.1) is 0 Å². The van der Waals surface area contributed by atoms with E-state index in [1.807, 2.05) is 4.90 Å². The average Bonchev–Trinajstić information content (AvgIpc) is 2.86. The molecule has 1 N–H and O–H groups in total. The van der Waals surface area contributed by atoms with Crippen LogP contribution in [0.25, 0.3) is 0 Å². The Kier molecular flexibility index (Phi) is 3.12. The number of nitrogens with one attached hydrogen (secondary N) is 1. The molecule has 2 aliphatic rings. The molecule has 104 valence electrons. The van der Waals surface area contributed by atoms with Crippen molar-refractivity contribution in [3.05, 3.63) is 23.9 Å². The maximum atomic E-state index is 12.7. The first-order valence-electron chi connectivity index (χ1n) is 6.57. The Bertz CT molecular complexity index is 461. The number of anilines is 1. The lowest BCUT2D eigenvalue weighted by molar-refractivity contribution is -0.141. The first-order valence-corrected chi connectivity index (χ1v) is 6.57. The Balaban J connectivity index is 1.89. The van der Waals surface area contributed by atoms with Gasteiger partial charge in [-0.3, -0.25) is 0 Å². The zero-order valence-corrected chi connectivity index (χ0v) is 10.5. The third-order valence-corrected chi connectivity index (χ3v) is 4.00. The highest BCUT2D eigenvalue weighted by atomic mass is 19.4. The summed E-state index contributed by atoms with van der Waals surface area (Å²) in [5.41, 5.74) is -0.807. The van der Waals surface area contributed by atoms with Gasteiger partial charge >= 0.3 is 6.18 Å². The Hall–Kier alpha value is -1.30. The highest BCUT2D eigenvalue weighted by molar-refractivity contribution is 5.42. The van der Waals surface area contributed by atoms with E-state index in [0.29, 0.717) is 11.7 Å². The molecule has 19 heavy (non-hydrogen) atoms. The van der Waals surface area contributed by atoms with Crippen molar-refractivity contribution >= 4 is 5.82 Å². The maximum absolute atomic E-state index is 12.7. The van der Waals surface area contributed by atoms with E-state index in [2.05, 4.69) is 10.3 Å². The summed E-state index contributed by atoms with van der Waals surface area (Å²) in [4.78, 5) is 5.83. The van der Waals surface area contributed by atoms with E-state index in [4.69, 9.17) is 0 Å². The molecule has 2 fully saturated rings. The van der Waals surface area contributed by atoms with Gasteiger partial charge in [-0.05, 0) is 30.9 Å². The summed E-state index contributed by atoms with van der Waals surface area (Å²) in [6, 6.07) is 4.43. The molecule has 0 amide bonds. The molecule has 2 aliphatic heterocycles. The molecule has 0 aromatic carbocycles. The predicted octanol–water partition coefficient (Wildman–Crippen LogP) is 2.29. The minimum Gasteiger partial charge on any atom is -0.352 e. The van der Waals surface area contributed by atoms with Crippen LogP contribution >= 0.6 is 0 Å². The number of rotatable bonds is 1. The van der Waals surface area contributed by atoms with Gasteiger partial charge in [-0.1, -0.05) is 6.07 Å². The van der Waals surface area contributed by atoms with Gasteiger partial charge < -0.3 is 10.2 Å². The third-order valence-electron chi connectivity index (χ3n) is 4.00. The van der Waals surface area contributed by atoms with E-state index in [9.17, 15) is 13.2 Å². The molecule has 1 aromatic heterocycles. The number of hydrogen-bond donors (Lipinski definition) is 1. The Morgan fingerprint density at radius 1 is 1.26 bits per heavy atom. The lowest BCUT2D eigenvalue weighted by atomic mass is 9.92. The van der Waals surface area contributed by atoms with Crippen LogP contribution in [0.1, 0.15) is 18.5 Å². The topological polar surface area (TPSA) is 28.2 Å². The van der Waals surface area contributed by atoms with Crippen LogP contribution in [0.15, 0.2) is 18.2 Å². The number of fused-ring (bicyclic) bond motifs is 1. The molecule has 0 bridgehead atoms. The first-order chi connectivity index (χ1) is 9.05. The van der Waals surface area contributed by atoms with Crippen molar-refractivity contribution in [3.8, 4) is 0 Å². The van der Waals surface area contributed by atoms with Gasteiger partial charge in [-0.2, -0.15) is 13.2 Å². The molecule has 0 spiro atoms. The molecule has 2 saturated heterocycles. The monoisotopic (exact) mass is 271 g/mol. The Morgan fingerprint density at radius 3 is 2.89 bits per heavy atom. The average molecular weight is 271 g/mol. The Morgan fingerprint density at radius 2 is 2.11 bits per heavy atom. The van der Waals surface area contributed by atoms with Crippen LogP contribution in [-0.4, -0.2) is 30.7 Å². The summed E-state index contributed by atoms with van der Waals surface area (Å²) in [6.45, 7) is 2.58. The lowest BCUT2D eigenvalue weighted by Gasteiger charge is -2.38. The fourth-order valence-electron chi connectivity index (χ4n) is 3.09. The van der Waals surface area contributed by atoms with E-state index in [1.54, 1.807) is 6.07 Å². The molecule has 6 heteroatoms. The summed E-state index contributed by atoms with van der Waals surface area (Å²) < 4.78 is 38.1. The largest absolute Gasteiger partial charge is 0.433 e. The zero-order valence-electron chi connectivity index (χ0n) is 10.5. The van der Waals surface area contributed by atoms with Gasteiger partial charge in [0.15, 0.2) is 0 Å². The van der Waals surface area contributed by atoms with Crippen LogP contribution in [0.4, 0.5) is 19.0 Å². The molecule has 3 heterocycles. The second-order valence-corrected chi connectivity index (χ2v) is 5.20. The number of pyridine rings is 1. The first kappa shape index (κ1) is 12.7. The van der Waals surface area contributed by atoms with Crippen LogP contribution in [0.5, 0.6) is 0 Å². The second kappa shape index (κ2) is 4.67. The van der Waals surface area contributed by atoms with Gasteiger partial charge in [0.1, 0.15) is 11.5 Å². The van der Waals surface area contributed by atoms with E-state index in [0.717, 1.165) is 38.5 Å². The molecule has 0 radical (unpaired) electrons. The summed E-state index contributed by atoms with van der Waals surface area (Å²) in [5, 5.41) is 3.32. The van der Waals surface area contributed by atoms with E-state index < -0.39 is 11.9 Å². The highest BCUT2D eigenvalue weighted by Gasteiger charge is 2.37. The van der Waals surface area contributed by atoms with Crippen molar-refractivity contribution in [3.63, 3.8) is 0 Å².